The number of ketones is 1. The number of piperidine rings is 1. The van der Waals surface area contributed by atoms with Gasteiger partial charge in [0.25, 0.3) is 0 Å². The summed E-state index contributed by atoms with van der Waals surface area (Å²) >= 11 is 7.87. The number of alkyl halides is 6. The maximum atomic E-state index is 12.8. The standard InChI is InChI=1S/C24H27ClF6N4O2S/c1-12-16(33-22-34-20-15(32)3-2-4-19(20)38-22)9-13(25)10-18(12)37-14-5-7-35(8-6-14)11-17(36)21(23(26,27)28)24(29,30)31/h9-10,14-15,21H,2-8,11,32H2,1H3,(H,33,34). The predicted octanol–water partition coefficient (Wildman–Crippen LogP) is 6.34. The summed E-state index contributed by atoms with van der Waals surface area (Å²) in [5.41, 5.74) is 8.54. The number of aryl methyl sites for hydroxylation is 1. The van der Waals surface area contributed by atoms with E-state index in [9.17, 15) is 31.1 Å². The number of aromatic nitrogens is 1. The van der Waals surface area contributed by atoms with Gasteiger partial charge in [-0.3, -0.25) is 9.69 Å². The molecule has 4 rings (SSSR count). The highest BCUT2D eigenvalue weighted by atomic mass is 35.5. The Morgan fingerprint density at radius 1 is 1.21 bits per heavy atom. The highest BCUT2D eigenvalue weighted by Gasteiger charge is 2.60. The number of thiazole rings is 1. The molecule has 210 valence electrons. The molecule has 2 heterocycles. The molecule has 38 heavy (non-hydrogen) atoms. The number of carbonyl (C=O) groups excluding carboxylic acids is 1. The number of ether oxygens (including phenoxy) is 1. The Morgan fingerprint density at radius 2 is 1.87 bits per heavy atom. The van der Waals surface area contributed by atoms with Crippen LogP contribution in [0.3, 0.4) is 0 Å². The van der Waals surface area contributed by atoms with Gasteiger partial charge in [0.05, 0.1) is 12.2 Å². The number of nitrogens with one attached hydrogen (secondary N) is 1. The Hall–Kier alpha value is -2.09. The molecule has 0 bridgehead atoms. The lowest BCUT2D eigenvalue weighted by molar-refractivity contribution is -0.273. The van der Waals surface area contributed by atoms with Crippen molar-refractivity contribution in [3.05, 3.63) is 33.3 Å². The molecule has 1 unspecified atom stereocenters. The summed E-state index contributed by atoms with van der Waals surface area (Å²) in [5, 5.41) is 4.40. The number of carbonyl (C=O) groups is 1. The number of Topliss-reactive ketones (excluding diaryl/α,β-unsaturated/α-hetero) is 1. The first kappa shape index (κ1) is 28.9. The van der Waals surface area contributed by atoms with Gasteiger partial charge in [-0.25, -0.2) is 4.98 Å². The van der Waals surface area contributed by atoms with E-state index in [-0.39, 0.29) is 25.2 Å². The van der Waals surface area contributed by atoms with Gasteiger partial charge in [0.1, 0.15) is 11.9 Å². The summed E-state index contributed by atoms with van der Waals surface area (Å²) in [6, 6.07) is 3.31. The Bertz CT molecular complexity index is 1150. The normalized spacial score (nSPS) is 19.5. The number of anilines is 2. The average molecular weight is 585 g/mol. The first-order valence-electron chi connectivity index (χ1n) is 12.1. The lowest BCUT2D eigenvalue weighted by atomic mass is 9.99. The second-order valence-electron chi connectivity index (χ2n) is 9.60. The van der Waals surface area contributed by atoms with Gasteiger partial charge in [0.2, 0.25) is 5.92 Å². The van der Waals surface area contributed by atoms with Crippen molar-refractivity contribution < 1.29 is 35.9 Å². The largest absolute Gasteiger partial charge is 0.490 e. The molecule has 2 aliphatic rings. The van der Waals surface area contributed by atoms with Crippen LogP contribution in [-0.2, 0) is 11.2 Å². The number of nitrogens with zero attached hydrogens (tertiary/aromatic N) is 2. The highest BCUT2D eigenvalue weighted by Crippen LogP contribution is 2.41. The number of benzene rings is 1. The van der Waals surface area contributed by atoms with Gasteiger partial charge >= 0.3 is 12.4 Å². The van der Waals surface area contributed by atoms with Crippen LogP contribution in [0.4, 0.5) is 37.2 Å². The second kappa shape index (κ2) is 11.2. The molecule has 1 aromatic heterocycles. The van der Waals surface area contributed by atoms with Gasteiger partial charge < -0.3 is 15.8 Å². The van der Waals surface area contributed by atoms with E-state index in [0.29, 0.717) is 34.4 Å². The minimum Gasteiger partial charge on any atom is -0.490 e. The Morgan fingerprint density at radius 3 is 2.47 bits per heavy atom. The van der Waals surface area contributed by atoms with Crippen LogP contribution in [0.5, 0.6) is 5.75 Å². The van der Waals surface area contributed by atoms with Crippen molar-refractivity contribution in [3.63, 3.8) is 0 Å². The fraction of sp³-hybridized carbons (Fsp3) is 0.583. The lowest BCUT2D eigenvalue weighted by Gasteiger charge is -2.33. The molecule has 1 aliphatic heterocycles. The van der Waals surface area contributed by atoms with Crippen LogP contribution < -0.4 is 15.8 Å². The van der Waals surface area contributed by atoms with Gasteiger partial charge in [-0.1, -0.05) is 11.6 Å². The molecule has 0 radical (unpaired) electrons. The number of rotatable bonds is 7. The summed E-state index contributed by atoms with van der Waals surface area (Å²) in [5.74, 6) is -5.39. The molecule has 14 heteroatoms. The fourth-order valence-corrected chi connectivity index (χ4v) is 6.05. The topological polar surface area (TPSA) is 80.5 Å². The quantitative estimate of drug-likeness (QED) is 0.370. The molecule has 1 aromatic carbocycles. The third kappa shape index (κ3) is 6.72. The Kier molecular flexibility index (Phi) is 8.51. The van der Waals surface area contributed by atoms with Crippen molar-refractivity contribution >= 4 is 39.5 Å². The lowest BCUT2D eigenvalue weighted by Crippen LogP contribution is -2.48. The smallest absolute Gasteiger partial charge is 0.407 e. The summed E-state index contributed by atoms with van der Waals surface area (Å²) in [7, 11) is 0. The zero-order valence-electron chi connectivity index (χ0n) is 20.4. The number of likely N-dealkylation sites (tertiary alicyclic amines) is 1. The summed E-state index contributed by atoms with van der Waals surface area (Å²) in [4.78, 5) is 19.0. The Labute approximate surface area is 224 Å². The van der Waals surface area contributed by atoms with Crippen LogP contribution in [-0.4, -0.2) is 53.8 Å². The maximum absolute atomic E-state index is 12.8. The van der Waals surface area contributed by atoms with E-state index in [2.05, 4.69) is 10.3 Å². The van der Waals surface area contributed by atoms with E-state index in [1.54, 1.807) is 12.1 Å². The number of halogens is 7. The maximum Gasteiger partial charge on any atom is 0.407 e. The summed E-state index contributed by atoms with van der Waals surface area (Å²) in [6.45, 7) is 1.15. The van der Waals surface area contributed by atoms with E-state index in [1.165, 1.54) is 16.2 Å². The van der Waals surface area contributed by atoms with E-state index in [4.69, 9.17) is 22.1 Å². The number of fused-ring (bicyclic) bond motifs is 1. The predicted molar refractivity (Wildman–Crippen MR) is 132 cm³/mol. The van der Waals surface area contributed by atoms with Gasteiger partial charge in [-0.05, 0) is 51.2 Å². The van der Waals surface area contributed by atoms with Gasteiger partial charge in [0, 0.05) is 40.3 Å². The average Bonchev–Trinajstić information content (AvgIpc) is 3.20. The molecule has 0 amide bonds. The molecule has 1 aliphatic carbocycles. The van der Waals surface area contributed by atoms with Crippen LogP contribution in [0.1, 0.15) is 47.9 Å². The molecule has 0 saturated carbocycles. The van der Waals surface area contributed by atoms with Crippen molar-refractivity contribution in [1.29, 1.82) is 0 Å². The summed E-state index contributed by atoms with van der Waals surface area (Å²) in [6.07, 6.45) is -8.23. The molecule has 1 atom stereocenters. The molecule has 3 N–H and O–H groups in total. The van der Waals surface area contributed by atoms with Crippen molar-refractivity contribution in [3.8, 4) is 5.75 Å². The third-order valence-corrected chi connectivity index (χ3v) is 8.01. The number of nitrogens with two attached hydrogens (primary N) is 1. The fourth-order valence-electron chi connectivity index (χ4n) is 4.75. The van der Waals surface area contributed by atoms with Crippen molar-refractivity contribution in [1.82, 2.24) is 9.88 Å². The van der Waals surface area contributed by atoms with Crippen LogP contribution in [0.25, 0.3) is 0 Å². The van der Waals surface area contributed by atoms with Crippen molar-refractivity contribution in [2.75, 3.05) is 25.0 Å². The minimum atomic E-state index is -5.68. The third-order valence-electron chi connectivity index (χ3n) is 6.75. The molecule has 6 nitrogen and oxygen atoms in total. The molecular formula is C24H27ClF6N4O2S. The highest BCUT2D eigenvalue weighted by molar-refractivity contribution is 7.15. The zero-order chi connectivity index (χ0) is 27.8. The number of hydrogen-bond acceptors (Lipinski definition) is 7. The molecule has 2 aromatic rings. The van der Waals surface area contributed by atoms with Crippen molar-refractivity contribution in [2.24, 2.45) is 11.7 Å². The van der Waals surface area contributed by atoms with E-state index < -0.39 is 30.6 Å². The van der Waals surface area contributed by atoms with Gasteiger partial charge in [-0.15, -0.1) is 11.3 Å². The summed E-state index contributed by atoms with van der Waals surface area (Å²) < 4.78 is 83.2. The Balaban J connectivity index is 1.37. The first-order valence-corrected chi connectivity index (χ1v) is 13.3. The van der Waals surface area contributed by atoms with Gasteiger partial charge in [0.15, 0.2) is 10.9 Å². The monoisotopic (exact) mass is 584 g/mol. The molecular weight excluding hydrogens is 558 g/mol. The molecule has 1 fully saturated rings. The number of hydrogen-bond donors (Lipinski definition) is 2. The zero-order valence-corrected chi connectivity index (χ0v) is 22.0. The van der Waals surface area contributed by atoms with Crippen LogP contribution >= 0.6 is 22.9 Å². The van der Waals surface area contributed by atoms with Crippen LogP contribution in [0.15, 0.2) is 12.1 Å². The SMILES string of the molecule is Cc1c(Nc2nc3c(s2)CCCC3N)cc(Cl)cc1OC1CCN(CC(=O)C(C(F)(F)F)C(F)(F)F)CC1. The van der Waals surface area contributed by atoms with Crippen LogP contribution in [0.2, 0.25) is 5.02 Å². The molecule has 1 saturated heterocycles. The van der Waals surface area contributed by atoms with Crippen molar-refractivity contribution in [2.45, 2.75) is 63.5 Å². The second-order valence-corrected chi connectivity index (χ2v) is 11.1. The minimum absolute atomic E-state index is 0.0844. The van der Waals surface area contributed by atoms with E-state index in [1.807, 2.05) is 6.92 Å². The van der Waals surface area contributed by atoms with E-state index >= 15 is 0 Å². The first-order chi connectivity index (χ1) is 17.7. The van der Waals surface area contributed by atoms with Gasteiger partial charge in [-0.2, -0.15) is 26.3 Å². The molecule has 0 spiro atoms. The van der Waals surface area contributed by atoms with Crippen LogP contribution in [0, 0.1) is 12.8 Å². The van der Waals surface area contributed by atoms with E-state index in [0.717, 1.165) is 35.4 Å².